The molecule has 1 aromatic carbocycles. The van der Waals surface area contributed by atoms with Gasteiger partial charge in [0.2, 0.25) is 5.91 Å². The molecular weight excluding hydrogens is 178 g/mol. The number of benzene rings is 1. The Morgan fingerprint density at radius 3 is 2.79 bits per heavy atom. The van der Waals surface area contributed by atoms with Gasteiger partial charge in [-0.1, -0.05) is 6.08 Å². The summed E-state index contributed by atoms with van der Waals surface area (Å²) in [6.45, 7) is 4.20. The van der Waals surface area contributed by atoms with Gasteiger partial charge in [-0.3, -0.25) is 4.79 Å². The van der Waals surface area contributed by atoms with Crippen molar-refractivity contribution in [2.75, 3.05) is 17.6 Å². The quantitative estimate of drug-likeness (QED) is 0.490. The Labute approximate surface area is 82.6 Å². The van der Waals surface area contributed by atoms with Crippen LogP contribution < -0.4 is 16.8 Å². The predicted octanol–water partition coefficient (Wildman–Crippen LogP) is 0.966. The highest BCUT2D eigenvalue weighted by Gasteiger charge is 2.03. The Hall–Kier alpha value is -1.97. The van der Waals surface area contributed by atoms with Crippen LogP contribution in [0.25, 0.3) is 0 Å². The van der Waals surface area contributed by atoms with E-state index in [2.05, 4.69) is 11.9 Å². The van der Waals surface area contributed by atoms with Gasteiger partial charge in [0.1, 0.15) is 0 Å². The van der Waals surface area contributed by atoms with Gasteiger partial charge < -0.3 is 16.8 Å². The van der Waals surface area contributed by atoms with E-state index < -0.39 is 5.91 Å². The number of nitrogens with one attached hydrogen (secondary N) is 1. The lowest BCUT2D eigenvalue weighted by Crippen LogP contribution is -2.12. The summed E-state index contributed by atoms with van der Waals surface area (Å²) in [4.78, 5) is 10.8. The van der Waals surface area contributed by atoms with Gasteiger partial charge in [-0.05, 0) is 18.2 Å². The molecule has 4 nitrogen and oxygen atoms in total. The molecule has 1 rings (SSSR count). The molecule has 0 aliphatic rings. The number of hydrogen-bond acceptors (Lipinski definition) is 3. The lowest BCUT2D eigenvalue weighted by Gasteiger charge is -2.07. The Morgan fingerprint density at radius 2 is 2.29 bits per heavy atom. The first-order chi connectivity index (χ1) is 6.65. The van der Waals surface area contributed by atoms with E-state index in [9.17, 15) is 4.79 Å². The van der Waals surface area contributed by atoms with E-state index in [0.29, 0.717) is 17.8 Å². The number of nitrogens with two attached hydrogens (primary N) is 2. The van der Waals surface area contributed by atoms with Crippen molar-refractivity contribution in [2.24, 2.45) is 5.73 Å². The van der Waals surface area contributed by atoms with Crippen molar-refractivity contribution in [3.05, 3.63) is 36.4 Å². The topological polar surface area (TPSA) is 81.1 Å². The molecule has 5 N–H and O–H groups in total. The molecule has 74 valence electrons. The third-order valence-electron chi connectivity index (χ3n) is 1.77. The number of amides is 1. The van der Waals surface area contributed by atoms with Crippen LogP contribution in [0.4, 0.5) is 11.4 Å². The van der Waals surface area contributed by atoms with Gasteiger partial charge in [-0.25, -0.2) is 0 Å². The fourth-order valence-corrected chi connectivity index (χ4v) is 1.06. The molecule has 0 atom stereocenters. The highest BCUT2D eigenvalue weighted by molar-refractivity contribution is 5.94. The molecule has 0 radical (unpaired) electrons. The fourth-order valence-electron chi connectivity index (χ4n) is 1.06. The lowest BCUT2D eigenvalue weighted by molar-refractivity contribution is 0.100. The summed E-state index contributed by atoms with van der Waals surface area (Å²) in [6.07, 6.45) is 1.72. The van der Waals surface area contributed by atoms with Crippen LogP contribution in [-0.2, 0) is 0 Å². The van der Waals surface area contributed by atoms with E-state index in [-0.39, 0.29) is 0 Å². The molecular formula is C10H13N3O. The Morgan fingerprint density at radius 1 is 1.57 bits per heavy atom. The molecule has 0 saturated carbocycles. The molecule has 0 heterocycles. The van der Waals surface area contributed by atoms with Crippen molar-refractivity contribution < 1.29 is 4.79 Å². The highest BCUT2D eigenvalue weighted by Crippen LogP contribution is 2.19. The lowest BCUT2D eigenvalue weighted by atomic mass is 10.1. The number of rotatable bonds is 4. The third kappa shape index (κ3) is 2.26. The van der Waals surface area contributed by atoms with Crippen LogP contribution in [0.15, 0.2) is 30.9 Å². The zero-order valence-electron chi connectivity index (χ0n) is 7.79. The maximum atomic E-state index is 10.8. The SMILES string of the molecule is C=CCNc1ccc(C(N)=O)cc1N. The standard InChI is InChI=1S/C10H13N3O/c1-2-5-13-9-4-3-7(10(12)14)6-8(9)11/h2-4,6,13H,1,5,11H2,(H2,12,14). The number of primary amides is 1. The maximum Gasteiger partial charge on any atom is 0.248 e. The molecule has 0 saturated heterocycles. The first-order valence-corrected chi connectivity index (χ1v) is 4.19. The minimum atomic E-state index is -0.480. The number of nitrogen functional groups attached to an aromatic ring is 1. The predicted molar refractivity (Wildman–Crippen MR) is 58.1 cm³/mol. The van der Waals surface area contributed by atoms with Crippen molar-refractivity contribution in [1.29, 1.82) is 0 Å². The second-order valence-electron chi connectivity index (χ2n) is 2.84. The van der Waals surface area contributed by atoms with Crippen LogP contribution >= 0.6 is 0 Å². The van der Waals surface area contributed by atoms with Gasteiger partial charge in [0, 0.05) is 12.1 Å². The van der Waals surface area contributed by atoms with E-state index in [1.54, 1.807) is 24.3 Å². The smallest absolute Gasteiger partial charge is 0.248 e. The summed E-state index contributed by atoms with van der Waals surface area (Å²) >= 11 is 0. The van der Waals surface area contributed by atoms with Crippen molar-refractivity contribution in [3.8, 4) is 0 Å². The number of anilines is 2. The van der Waals surface area contributed by atoms with E-state index >= 15 is 0 Å². The average Bonchev–Trinajstić information content (AvgIpc) is 2.15. The maximum absolute atomic E-state index is 10.8. The van der Waals surface area contributed by atoms with Crippen LogP contribution in [0.5, 0.6) is 0 Å². The fraction of sp³-hybridized carbons (Fsp3) is 0.100. The zero-order chi connectivity index (χ0) is 10.6. The van der Waals surface area contributed by atoms with Crippen molar-refractivity contribution in [1.82, 2.24) is 0 Å². The van der Waals surface area contributed by atoms with Crippen LogP contribution in [0.3, 0.4) is 0 Å². The number of hydrogen-bond donors (Lipinski definition) is 3. The second kappa shape index (κ2) is 4.32. The molecule has 1 aromatic rings. The number of carbonyl (C=O) groups excluding carboxylic acids is 1. The minimum absolute atomic E-state index is 0.409. The van der Waals surface area contributed by atoms with Crippen molar-refractivity contribution in [3.63, 3.8) is 0 Å². The van der Waals surface area contributed by atoms with Crippen LogP contribution in [0, 0.1) is 0 Å². The highest BCUT2D eigenvalue weighted by atomic mass is 16.1. The van der Waals surface area contributed by atoms with E-state index in [1.165, 1.54) is 0 Å². The molecule has 0 spiro atoms. The molecule has 4 heteroatoms. The Bertz CT molecular complexity index is 360. The summed E-state index contributed by atoms with van der Waals surface area (Å²) in [5.74, 6) is -0.480. The zero-order valence-corrected chi connectivity index (χ0v) is 7.79. The first kappa shape index (κ1) is 10.1. The second-order valence-corrected chi connectivity index (χ2v) is 2.84. The first-order valence-electron chi connectivity index (χ1n) is 4.19. The van der Waals surface area contributed by atoms with Gasteiger partial charge in [0.05, 0.1) is 11.4 Å². The number of carbonyl (C=O) groups is 1. The summed E-state index contributed by atoms with van der Waals surface area (Å²) in [5.41, 5.74) is 12.5. The Balaban J connectivity index is 2.89. The van der Waals surface area contributed by atoms with Crippen molar-refractivity contribution >= 4 is 17.3 Å². The molecule has 0 aliphatic heterocycles. The normalized spacial score (nSPS) is 9.43. The summed E-state index contributed by atoms with van der Waals surface area (Å²) in [6, 6.07) is 4.90. The molecule has 0 fully saturated rings. The minimum Gasteiger partial charge on any atom is -0.397 e. The molecule has 0 bridgehead atoms. The monoisotopic (exact) mass is 191 g/mol. The average molecular weight is 191 g/mol. The molecule has 0 aromatic heterocycles. The van der Waals surface area contributed by atoms with Gasteiger partial charge in [0.25, 0.3) is 0 Å². The van der Waals surface area contributed by atoms with Crippen LogP contribution in [0.1, 0.15) is 10.4 Å². The summed E-state index contributed by atoms with van der Waals surface area (Å²) < 4.78 is 0. The third-order valence-corrected chi connectivity index (χ3v) is 1.77. The van der Waals surface area contributed by atoms with Gasteiger partial charge >= 0.3 is 0 Å². The summed E-state index contributed by atoms with van der Waals surface area (Å²) in [5, 5.41) is 3.03. The van der Waals surface area contributed by atoms with E-state index in [1.807, 2.05) is 0 Å². The van der Waals surface area contributed by atoms with E-state index in [0.717, 1.165) is 5.69 Å². The van der Waals surface area contributed by atoms with Crippen molar-refractivity contribution in [2.45, 2.75) is 0 Å². The van der Waals surface area contributed by atoms with Crippen LogP contribution in [0.2, 0.25) is 0 Å². The summed E-state index contributed by atoms with van der Waals surface area (Å²) in [7, 11) is 0. The molecule has 1 amide bonds. The molecule has 14 heavy (non-hydrogen) atoms. The largest absolute Gasteiger partial charge is 0.397 e. The van der Waals surface area contributed by atoms with E-state index in [4.69, 9.17) is 11.5 Å². The van der Waals surface area contributed by atoms with Gasteiger partial charge in [-0.15, -0.1) is 6.58 Å². The molecule has 0 aliphatic carbocycles. The van der Waals surface area contributed by atoms with Crippen LogP contribution in [-0.4, -0.2) is 12.5 Å². The molecule has 0 unspecified atom stereocenters. The van der Waals surface area contributed by atoms with Gasteiger partial charge in [-0.2, -0.15) is 0 Å². The van der Waals surface area contributed by atoms with Gasteiger partial charge in [0.15, 0.2) is 0 Å². The Kier molecular flexibility index (Phi) is 3.12.